The molecule has 29 heavy (non-hydrogen) atoms. The van der Waals surface area contributed by atoms with E-state index in [1.807, 2.05) is 72.8 Å². The molecule has 1 heterocycles. The van der Waals surface area contributed by atoms with E-state index >= 15 is 0 Å². The highest BCUT2D eigenvalue weighted by molar-refractivity contribution is 6.13. The van der Waals surface area contributed by atoms with Crippen molar-refractivity contribution in [1.82, 2.24) is 10.3 Å². The first kappa shape index (κ1) is 18.5. The van der Waals surface area contributed by atoms with E-state index in [4.69, 9.17) is 4.74 Å². The molecule has 0 aliphatic heterocycles. The topological polar surface area (TPSA) is 71.2 Å². The van der Waals surface area contributed by atoms with Crippen LogP contribution in [0.4, 0.5) is 0 Å². The van der Waals surface area contributed by atoms with Crippen molar-refractivity contribution in [1.29, 1.82) is 0 Å². The lowest BCUT2D eigenvalue weighted by atomic mass is 10.0. The Bertz CT molecular complexity index is 1150. The van der Waals surface area contributed by atoms with E-state index in [1.54, 1.807) is 12.1 Å². The highest BCUT2D eigenvalue weighted by Crippen LogP contribution is 2.31. The first-order valence-electron chi connectivity index (χ1n) is 9.29. The van der Waals surface area contributed by atoms with Gasteiger partial charge in [0, 0.05) is 10.9 Å². The van der Waals surface area contributed by atoms with Gasteiger partial charge in [-0.05, 0) is 17.2 Å². The van der Waals surface area contributed by atoms with E-state index in [0.717, 1.165) is 16.5 Å². The molecular weight excluding hydrogens is 364 g/mol. The van der Waals surface area contributed by atoms with Crippen LogP contribution in [-0.4, -0.2) is 24.0 Å². The standard InChI is InChI=1S/C24H20N2O3/c1-29-24(28)22(17-12-6-3-7-13-17)26-23(27)20-18-14-8-9-15-19(18)25-21(20)16-10-4-2-5-11-16/h2-15,22,25H,1H3,(H,26,27)/t22-/m1/s1. The van der Waals surface area contributed by atoms with Gasteiger partial charge in [0.2, 0.25) is 0 Å². The lowest BCUT2D eigenvalue weighted by Crippen LogP contribution is -2.34. The van der Waals surface area contributed by atoms with Gasteiger partial charge in [0.25, 0.3) is 5.91 Å². The molecule has 0 unspecified atom stereocenters. The summed E-state index contributed by atoms with van der Waals surface area (Å²) in [5.74, 6) is -0.869. The monoisotopic (exact) mass is 384 g/mol. The number of aromatic amines is 1. The van der Waals surface area contributed by atoms with Crippen molar-refractivity contribution in [2.24, 2.45) is 0 Å². The number of benzene rings is 3. The summed E-state index contributed by atoms with van der Waals surface area (Å²) < 4.78 is 4.93. The second-order valence-corrected chi connectivity index (χ2v) is 6.63. The maximum Gasteiger partial charge on any atom is 0.333 e. The van der Waals surface area contributed by atoms with E-state index in [2.05, 4.69) is 10.3 Å². The van der Waals surface area contributed by atoms with Crippen molar-refractivity contribution < 1.29 is 14.3 Å². The number of aromatic nitrogens is 1. The van der Waals surface area contributed by atoms with Crippen molar-refractivity contribution in [3.8, 4) is 11.3 Å². The number of nitrogens with one attached hydrogen (secondary N) is 2. The summed E-state index contributed by atoms with van der Waals surface area (Å²) in [7, 11) is 1.31. The normalized spacial score (nSPS) is 11.8. The number of carbonyl (C=O) groups excluding carboxylic acids is 2. The van der Waals surface area contributed by atoms with Crippen LogP contribution in [0.15, 0.2) is 84.9 Å². The summed E-state index contributed by atoms with van der Waals surface area (Å²) >= 11 is 0. The van der Waals surface area contributed by atoms with Gasteiger partial charge in [0.1, 0.15) is 0 Å². The molecular formula is C24H20N2O3. The zero-order chi connectivity index (χ0) is 20.2. The van der Waals surface area contributed by atoms with Gasteiger partial charge in [-0.3, -0.25) is 4.79 Å². The highest BCUT2D eigenvalue weighted by Gasteiger charge is 2.27. The Morgan fingerprint density at radius 2 is 1.48 bits per heavy atom. The first-order valence-corrected chi connectivity index (χ1v) is 9.29. The molecule has 0 fully saturated rings. The van der Waals surface area contributed by atoms with Crippen molar-refractivity contribution in [2.45, 2.75) is 6.04 Å². The molecule has 3 aromatic carbocycles. The molecule has 5 heteroatoms. The predicted octanol–water partition coefficient (Wildman–Crippen LogP) is 4.48. The third-order valence-corrected chi connectivity index (χ3v) is 4.84. The summed E-state index contributed by atoms with van der Waals surface area (Å²) in [6.07, 6.45) is 0. The van der Waals surface area contributed by atoms with Crippen LogP contribution in [0.3, 0.4) is 0 Å². The van der Waals surface area contributed by atoms with Gasteiger partial charge >= 0.3 is 5.97 Å². The molecule has 1 aromatic heterocycles. The lowest BCUT2D eigenvalue weighted by Gasteiger charge is -2.17. The fraction of sp³-hybridized carbons (Fsp3) is 0.0833. The summed E-state index contributed by atoms with van der Waals surface area (Å²) in [4.78, 5) is 29.1. The summed E-state index contributed by atoms with van der Waals surface area (Å²) in [6, 6.07) is 25.4. The molecule has 0 bridgehead atoms. The molecule has 2 N–H and O–H groups in total. The van der Waals surface area contributed by atoms with Crippen LogP contribution in [-0.2, 0) is 9.53 Å². The Balaban J connectivity index is 1.79. The zero-order valence-corrected chi connectivity index (χ0v) is 15.9. The van der Waals surface area contributed by atoms with Crippen LogP contribution >= 0.6 is 0 Å². The molecule has 144 valence electrons. The maximum atomic E-state index is 13.4. The molecule has 0 aliphatic rings. The van der Waals surface area contributed by atoms with E-state index in [1.165, 1.54) is 7.11 Å². The van der Waals surface area contributed by atoms with E-state index < -0.39 is 12.0 Å². The molecule has 0 radical (unpaired) electrons. The Morgan fingerprint density at radius 3 is 2.17 bits per heavy atom. The predicted molar refractivity (Wildman–Crippen MR) is 112 cm³/mol. The number of methoxy groups -OCH3 is 1. The smallest absolute Gasteiger partial charge is 0.333 e. The van der Waals surface area contributed by atoms with E-state index in [-0.39, 0.29) is 5.91 Å². The molecule has 4 rings (SSSR count). The maximum absolute atomic E-state index is 13.4. The third-order valence-electron chi connectivity index (χ3n) is 4.84. The Hall–Kier alpha value is -3.86. The number of amides is 1. The molecule has 1 amide bonds. The van der Waals surface area contributed by atoms with Gasteiger partial charge in [-0.25, -0.2) is 4.79 Å². The molecule has 0 saturated heterocycles. The van der Waals surface area contributed by atoms with Gasteiger partial charge in [0.15, 0.2) is 6.04 Å². The number of ether oxygens (including phenoxy) is 1. The second-order valence-electron chi connectivity index (χ2n) is 6.63. The van der Waals surface area contributed by atoms with Crippen LogP contribution < -0.4 is 5.32 Å². The van der Waals surface area contributed by atoms with Crippen LogP contribution in [0.25, 0.3) is 22.2 Å². The van der Waals surface area contributed by atoms with Crippen molar-refractivity contribution in [3.05, 3.63) is 96.1 Å². The molecule has 5 nitrogen and oxygen atoms in total. The quantitative estimate of drug-likeness (QED) is 0.499. The Kier molecular flexibility index (Phi) is 5.12. The SMILES string of the molecule is COC(=O)[C@H](NC(=O)c1c(-c2ccccc2)[nH]c2ccccc12)c1ccccc1. The number of para-hydroxylation sites is 1. The van der Waals surface area contributed by atoms with Crippen molar-refractivity contribution in [3.63, 3.8) is 0 Å². The van der Waals surface area contributed by atoms with Gasteiger partial charge in [-0.2, -0.15) is 0 Å². The minimum Gasteiger partial charge on any atom is -0.467 e. The number of hydrogen-bond donors (Lipinski definition) is 2. The zero-order valence-electron chi connectivity index (χ0n) is 15.9. The molecule has 0 aliphatic carbocycles. The number of carbonyl (C=O) groups is 2. The average Bonchev–Trinajstić information content (AvgIpc) is 3.18. The molecule has 4 aromatic rings. The summed E-state index contributed by atoms with van der Waals surface area (Å²) in [5, 5.41) is 3.65. The van der Waals surface area contributed by atoms with Crippen LogP contribution in [0.2, 0.25) is 0 Å². The lowest BCUT2D eigenvalue weighted by molar-refractivity contribution is -0.143. The van der Waals surface area contributed by atoms with Crippen LogP contribution in [0.1, 0.15) is 22.0 Å². The number of hydrogen-bond acceptors (Lipinski definition) is 3. The highest BCUT2D eigenvalue weighted by atomic mass is 16.5. The fourth-order valence-corrected chi connectivity index (χ4v) is 3.44. The van der Waals surface area contributed by atoms with Crippen LogP contribution in [0, 0.1) is 0 Å². The fourth-order valence-electron chi connectivity index (χ4n) is 3.44. The van der Waals surface area contributed by atoms with Gasteiger partial charge in [0.05, 0.1) is 18.4 Å². The molecule has 0 saturated carbocycles. The molecule has 0 spiro atoms. The van der Waals surface area contributed by atoms with Gasteiger partial charge in [-0.15, -0.1) is 0 Å². The minimum absolute atomic E-state index is 0.347. The van der Waals surface area contributed by atoms with Gasteiger partial charge in [-0.1, -0.05) is 78.9 Å². The number of H-pyrrole nitrogens is 1. The number of rotatable bonds is 5. The van der Waals surface area contributed by atoms with Crippen molar-refractivity contribution >= 4 is 22.8 Å². The van der Waals surface area contributed by atoms with Gasteiger partial charge < -0.3 is 15.0 Å². The largest absolute Gasteiger partial charge is 0.467 e. The Morgan fingerprint density at radius 1 is 0.862 bits per heavy atom. The third kappa shape index (κ3) is 3.62. The Labute approximate surface area is 168 Å². The average molecular weight is 384 g/mol. The number of fused-ring (bicyclic) bond motifs is 1. The number of esters is 1. The van der Waals surface area contributed by atoms with Crippen molar-refractivity contribution in [2.75, 3.05) is 7.11 Å². The van der Waals surface area contributed by atoms with Crippen LogP contribution in [0.5, 0.6) is 0 Å². The summed E-state index contributed by atoms with van der Waals surface area (Å²) in [5.41, 5.74) is 3.61. The summed E-state index contributed by atoms with van der Waals surface area (Å²) in [6.45, 7) is 0. The minimum atomic E-state index is -0.897. The first-order chi connectivity index (χ1) is 14.2. The second kappa shape index (κ2) is 8.02. The van der Waals surface area contributed by atoms with E-state index in [0.29, 0.717) is 16.8 Å². The molecule has 1 atom stereocenters. The van der Waals surface area contributed by atoms with E-state index in [9.17, 15) is 9.59 Å².